The fourth-order valence-corrected chi connectivity index (χ4v) is 11.5. The van der Waals surface area contributed by atoms with Gasteiger partial charge in [0, 0.05) is 116 Å². The van der Waals surface area contributed by atoms with Crippen LogP contribution in [0.1, 0.15) is 100 Å². The maximum absolute atomic E-state index is 14.6. The average Bonchev–Trinajstić information content (AvgIpc) is 1.69. The summed E-state index contributed by atoms with van der Waals surface area (Å²) in [5.41, 5.74) is 3.18. The third-order valence-corrected chi connectivity index (χ3v) is 18.0. The quantitative estimate of drug-likeness (QED) is 0.0188. The molecule has 0 radical (unpaired) electrons. The first-order valence-electron chi connectivity index (χ1n) is 34.2. The van der Waals surface area contributed by atoms with Crippen LogP contribution in [0.5, 0.6) is 0 Å². The lowest BCUT2D eigenvalue weighted by atomic mass is 10.0. The van der Waals surface area contributed by atoms with E-state index in [2.05, 4.69) is 77.3 Å². The van der Waals surface area contributed by atoms with Gasteiger partial charge in [-0.25, -0.2) is 4.98 Å². The van der Waals surface area contributed by atoms with Crippen molar-refractivity contribution in [1.82, 2.24) is 66.0 Å². The highest BCUT2D eigenvalue weighted by molar-refractivity contribution is 5.96. The van der Waals surface area contributed by atoms with Gasteiger partial charge in [0.05, 0.1) is 63.1 Å². The summed E-state index contributed by atoms with van der Waals surface area (Å²) in [4.78, 5) is 130. The summed E-state index contributed by atoms with van der Waals surface area (Å²) in [6, 6.07) is 8.62. The monoisotopic (exact) mass is 1400 g/mol. The van der Waals surface area contributed by atoms with E-state index in [9.17, 15) is 89.4 Å². The number of methoxy groups -OCH3 is 1. The molecule has 2 aliphatic heterocycles. The zero-order valence-corrected chi connectivity index (χ0v) is 57.7. The molecule has 0 aliphatic carbocycles. The first-order chi connectivity index (χ1) is 47.3. The highest BCUT2D eigenvalue weighted by Gasteiger charge is 2.35. The number of hydrogen-bond donors (Lipinski definition) is 17. The average molecular weight is 1400 g/mol. The van der Waals surface area contributed by atoms with Crippen molar-refractivity contribution in [3.8, 4) is 0 Å². The number of anilines is 1. The molecule has 11 atom stereocenters. The van der Waals surface area contributed by atoms with Crippen LogP contribution in [-0.2, 0) is 51.4 Å². The van der Waals surface area contributed by atoms with Crippen LogP contribution in [0.2, 0.25) is 0 Å². The molecular weight excluding hydrogens is 1290 g/mol. The first kappa shape index (κ1) is 82.6. The van der Waals surface area contributed by atoms with E-state index in [0.717, 1.165) is 56.8 Å². The number of esters is 1. The number of amides is 7. The molecule has 1 aromatic heterocycles. The van der Waals surface area contributed by atoms with Crippen LogP contribution >= 0.6 is 0 Å². The number of aromatic nitrogens is 2. The van der Waals surface area contributed by atoms with Gasteiger partial charge in [-0.1, -0.05) is 45.7 Å². The predicted molar refractivity (Wildman–Crippen MR) is 363 cm³/mol. The molecule has 0 bridgehead atoms. The number of benzene rings is 2. The Balaban J connectivity index is 1.29. The number of aliphatic hydroxyl groups excluding tert-OH is 10. The lowest BCUT2D eigenvalue weighted by molar-refractivity contribution is -0.144. The van der Waals surface area contributed by atoms with E-state index in [1.807, 2.05) is 29.2 Å². The van der Waals surface area contributed by atoms with Gasteiger partial charge in [0.15, 0.2) is 0 Å². The summed E-state index contributed by atoms with van der Waals surface area (Å²) in [5.74, 6) is -4.51. The Morgan fingerprint density at radius 1 is 0.636 bits per heavy atom. The number of aromatic amines is 1. The van der Waals surface area contributed by atoms with Gasteiger partial charge in [-0.3, -0.25) is 43.3 Å². The normalized spacial score (nSPS) is 18.6. The molecule has 33 nitrogen and oxygen atoms in total. The zero-order chi connectivity index (χ0) is 72.7. The van der Waals surface area contributed by atoms with Crippen LogP contribution in [0.25, 0.3) is 11.0 Å². The third-order valence-electron chi connectivity index (χ3n) is 18.0. The van der Waals surface area contributed by atoms with Crippen molar-refractivity contribution < 1.29 is 94.2 Å². The fourth-order valence-electron chi connectivity index (χ4n) is 11.5. The Morgan fingerprint density at radius 2 is 1.15 bits per heavy atom. The fraction of sp³-hybridized carbons (Fsp3) is 0.682. The molecule has 2 aromatic carbocycles. The van der Waals surface area contributed by atoms with E-state index < -0.39 is 142 Å². The highest BCUT2D eigenvalue weighted by atomic mass is 16.5. The summed E-state index contributed by atoms with van der Waals surface area (Å²) in [5, 5.41) is 116. The summed E-state index contributed by atoms with van der Waals surface area (Å²) < 4.78 is 4.92. The summed E-state index contributed by atoms with van der Waals surface area (Å²) in [6.07, 6.45) is -15.2. The van der Waals surface area contributed by atoms with E-state index >= 15 is 0 Å². The second-order valence-corrected chi connectivity index (χ2v) is 25.2. The van der Waals surface area contributed by atoms with Gasteiger partial charge in [0.2, 0.25) is 35.4 Å². The standard InChI is InChI=1S/C66H108N14O19/c1-6-76-25-27-77(7-2)29-31-79(32-30-78(8-3)28-26-76)39-57(89)73-48(20-22-56(88)69-36-51(84)60(92)62(94)53(86)41-82)64(96)74-47(19-21-55(87)68-35-50(83)59(91)61(93)52(85)40-81)63(95)67-23-13-9-10-14-24-80-37-43-33-42(17-18-44(43)70-49(66(80)98)34-58(90)99-5)65(97)75(4)38-54-71-45-15-11-12-16-46(45)72-54/h11-12,15-18,33,47-53,59-62,70,81-86,91-94H,6-10,13-14,19-32,34-41H2,1-5H3,(H,67,95)(H,68,87)(H,69,88)(H,71,72)(H,73,89)(H,74,96)/t47-,48-,49-,50+,51-,52+,53-,59?,60?,61?,62?/m0/s1. The molecule has 3 heterocycles. The van der Waals surface area contributed by atoms with Crippen LogP contribution in [0.15, 0.2) is 42.5 Å². The van der Waals surface area contributed by atoms with Crippen molar-refractivity contribution in [3.63, 3.8) is 0 Å². The maximum atomic E-state index is 14.6. The Morgan fingerprint density at radius 3 is 1.68 bits per heavy atom. The van der Waals surface area contributed by atoms with Crippen LogP contribution in [-0.4, -0.2) is 337 Å². The molecule has 33 heteroatoms. The number of imidazole rings is 1. The minimum absolute atomic E-state index is 0.0563. The number of carbonyl (C=O) groups is 8. The summed E-state index contributed by atoms with van der Waals surface area (Å²) >= 11 is 0. The third kappa shape index (κ3) is 27.1. The molecule has 0 saturated carbocycles. The molecule has 5 rings (SSSR count). The lowest BCUT2D eigenvalue weighted by Gasteiger charge is -2.33. The largest absolute Gasteiger partial charge is 0.469 e. The zero-order valence-electron chi connectivity index (χ0n) is 57.7. The van der Waals surface area contributed by atoms with E-state index in [4.69, 9.17) is 4.74 Å². The molecule has 0 spiro atoms. The molecular formula is C66H108N14O19. The number of carbonyl (C=O) groups excluding carboxylic acids is 8. The van der Waals surface area contributed by atoms with E-state index in [-0.39, 0.29) is 63.8 Å². The predicted octanol–water partition coefficient (Wildman–Crippen LogP) is -4.89. The topological polar surface area (TPSA) is 468 Å². The molecule has 4 unspecified atom stereocenters. The van der Waals surface area contributed by atoms with Crippen LogP contribution in [0.3, 0.4) is 0 Å². The van der Waals surface area contributed by atoms with E-state index in [1.54, 1.807) is 30.1 Å². The number of aliphatic hydroxyl groups is 10. The van der Waals surface area contributed by atoms with Gasteiger partial charge in [-0.05, 0) is 81.2 Å². The second kappa shape index (κ2) is 42.9. The minimum Gasteiger partial charge on any atom is -0.469 e. The number of likely N-dealkylation sites (N-methyl/N-ethyl adjacent to an activating group) is 3. The molecule has 1 saturated heterocycles. The van der Waals surface area contributed by atoms with Crippen LogP contribution in [0.4, 0.5) is 5.69 Å². The summed E-state index contributed by atoms with van der Waals surface area (Å²) in [7, 11) is 2.89. The number of H-pyrrole nitrogens is 1. The van der Waals surface area contributed by atoms with Gasteiger partial charge in [0.1, 0.15) is 60.6 Å². The van der Waals surface area contributed by atoms with E-state index in [1.165, 1.54) is 12.0 Å². The first-order valence-corrected chi connectivity index (χ1v) is 34.2. The number of para-hydroxylation sites is 2. The molecule has 2 aliphatic rings. The Kier molecular flexibility index (Phi) is 35.8. The number of fused-ring (bicyclic) bond motifs is 2. The number of hydrogen-bond acceptors (Lipinski definition) is 25. The lowest BCUT2D eigenvalue weighted by Crippen LogP contribution is -2.55. The van der Waals surface area contributed by atoms with E-state index in [0.29, 0.717) is 74.5 Å². The molecule has 17 N–H and O–H groups in total. The number of nitrogens with one attached hydrogen (secondary N) is 7. The van der Waals surface area contributed by atoms with Crippen molar-refractivity contribution in [2.45, 2.75) is 159 Å². The van der Waals surface area contributed by atoms with Crippen molar-refractivity contribution in [2.75, 3.05) is 137 Å². The molecule has 7 amide bonds. The van der Waals surface area contributed by atoms with Gasteiger partial charge < -0.3 is 117 Å². The highest BCUT2D eigenvalue weighted by Crippen LogP contribution is 2.27. The maximum Gasteiger partial charge on any atom is 0.308 e. The van der Waals surface area contributed by atoms with Crippen molar-refractivity contribution in [3.05, 3.63) is 59.4 Å². The smallest absolute Gasteiger partial charge is 0.308 e. The Labute approximate surface area is 577 Å². The number of rotatable bonds is 39. The van der Waals surface area contributed by atoms with Gasteiger partial charge in [0.25, 0.3) is 5.91 Å². The summed E-state index contributed by atoms with van der Waals surface area (Å²) in [6.45, 7) is 11.6. The van der Waals surface area contributed by atoms with Crippen LogP contribution in [0, 0.1) is 0 Å². The second-order valence-electron chi connectivity index (χ2n) is 25.2. The molecule has 3 aromatic rings. The SMILES string of the molecule is CCN1CCN(CC)CCN(CC(=O)N[C@@H](CCC(=O)NC[C@H](O)C(O)C(O)[C@@H](O)CO)C(=O)N[C@@H](CCC(=O)NC[C@@H](O)C(O)C(O)[C@H](O)CO)C(=O)NCCCCCCN2Cc3cc(C(=O)N(C)Cc4nc5ccccc5[nH]4)ccc3N[C@@H](CC(=O)OC)C2=O)CCN(CC)CC1. The van der Waals surface area contributed by atoms with Gasteiger partial charge >= 0.3 is 5.97 Å². The molecule has 556 valence electrons. The number of nitrogens with zero attached hydrogens (tertiary/aromatic N) is 7. The number of unbranched alkanes of at least 4 members (excludes halogenated alkanes) is 3. The van der Waals surface area contributed by atoms with Crippen LogP contribution < -0.4 is 31.9 Å². The molecule has 99 heavy (non-hydrogen) atoms. The van der Waals surface area contributed by atoms with Gasteiger partial charge in [-0.2, -0.15) is 0 Å². The Bertz CT molecular complexity index is 2970. The van der Waals surface area contributed by atoms with Gasteiger partial charge in [-0.15, -0.1) is 0 Å². The van der Waals surface area contributed by atoms with Crippen molar-refractivity contribution in [2.24, 2.45) is 0 Å². The Hall–Kier alpha value is -7.09. The van der Waals surface area contributed by atoms with Crippen molar-refractivity contribution in [1.29, 1.82) is 0 Å². The minimum atomic E-state index is -2.00. The van der Waals surface area contributed by atoms with Crippen molar-refractivity contribution >= 4 is 64.0 Å². The number of ether oxygens (including phenoxy) is 1. The molecule has 1 fully saturated rings.